The van der Waals surface area contributed by atoms with E-state index in [1.54, 1.807) is 11.3 Å². The first kappa shape index (κ1) is 23.5. The molecule has 0 bridgehead atoms. The van der Waals surface area contributed by atoms with E-state index in [1.807, 2.05) is 24.3 Å². The number of rotatable bonds is 10. The second-order valence-electron chi connectivity index (χ2n) is 8.64. The molecule has 7 heteroatoms. The van der Waals surface area contributed by atoms with Crippen molar-refractivity contribution in [1.82, 2.24) is 15.2 Å². The maximum absolute atomic E-state index is 12.6. The molecule has 1 amide bonds. The van der Waals surface area contributed by atoms with Crippen LogP contribution in [0.2, 0.25) is 0 Å². The molecule has 3 aromatic rings. The molecular formula is C26H34N4O2S. The van der Waals surface area contributed by atoms with Gasteiger partial charge in [-0.15, -0.1) is 0 Å². The van der Waals surface area contributed by atoms with Crippen LogP contribution in [-0.2, 0) is 0 Å². The van der Waals surface area contributed by atoms with Crippen molar-refractivity contribution in [2.24, 2.45) is 0 Å². The summed E-state index contributed by atoms with van der Waals surface area (Å²) in [6.07, 6.45) is 3.37. The standard InChI is InChI=1S/C26H34N4O2S/c1-3-4-5-17-32-22-8-6-7-21(19-22)25(31)27-11-12-29-13-15-30(16-14-29)26-28-23-10-9-20(2)18-24(23)33-26/h6-10,18-19H,3-5,11-17H2,1-2H3,(H,27,31). The number of nitrogens with zero attached hydrogens (tertiary/aromatic N) is 3. The summed E-state index contributed by atoms with van der Waals surface area (Å²) in [5.41, 5.74) is 3.01. The van der Waals surface area contributed by atoms with Crippen molar-refractivity contribution in [3.05, 3.63) is 53.6 Å². The average Bonchev–Trinajstić information content (AvgIpc) is 3.25. The number of carbonyl (C=O) groups excluding carboxylic acids is 1. The van der Waals surface area contributed by atoms with E-state index in [0.717, 1.165) is 62.0 Å². The highest BCUT2D eigenvalue weighted by molar-refractivity contribution is 7.22. The fourth-order valence-corrected chi connectivity index (χ4v) is 5.13. The number of thiazole rings is 1. The van der Waals surface area contributed by atoms with Crippen LogP contribution in [0.5, 0.6) is 5.75 Å². The van der Waals surface area contributed by atoms with E-state index in [0.29, 0.717) is 18.7 Å². The predicted molar refractivity (Wildman–Crippen MR) is 137 cm³/mol. The number of fused-ring (bicyclic) bond motifs is 1. The van der Waals surface area contributed by atoms with E-state index in [9.17, 15) is 4.79 Å². The number of anilines is 1. The number of piperazine rings is 1. The minimum atomic E-state index is -0.0441. The number of carbonyl (C=O) groups is 1. The van der Waals surface area contributed by atoms with Gasteiger partial charge >= 0.3 is 0 Å². The van der Waals surface area contributed by atoms with E-state index in [-0.39, 0.29) is 5.91 Å². The molecule has 1 saturated heterocycles. The molecule has 0 radical (unpaired) electrons. The van der Waals surface area contributed by atoms with Gasteiger partial charge in [0, 0.05) is 44.8 Å². The Hall–Kier alpha value is -2.64. The maximum Gasteiger partial charge on any atom is 0.251 e. The van der Waals surface area contributed by atoms with Crippen molar-refractivity contribution in [3.8, 4) is 5.75 Å². The van der Waals surface area contributed by atoms with Crippen LogP contribution < -0.4 is 15.0 Å². The lowest BCUT2D eigenvalue weighted by atomic mass is 10.2. The number of benzene rings is 2. The summed E-state index contributed by atoms with van der Waals surface area (Å²) in [6.45, 7) is 10.4. The summed E-state index contributed by atoms with van der Waals surface area (Å²) in [5, 5.41) is 4.17. The van der Waals surface area contributed by atoms with Crippen LogP contribution >= 0.6 is 11.3 Å². The molecule has 2 aromatic carbocycles. The minimum absolute atomic E-state index is 0.0441. The maximum atomic E-state index is 12.6. The monoisotopic (exact) mass is 466 g/mol. The van der Waals surface area contributed by atoms with Gasteiger partial charge in [-0.25, -0.2) is 4.98 Å². The molecule has 1 N–H and O–H groups in total. The van der Waals surface area contributed by atoms with Crippen LogP contribution in [0.3, 0.4) is 0 Å². The van der Waals surface area contributed by atoms with Crippen LogP contribution in [0.25, 0.3) is 10.2 Å². The number of nitrogens with one attached hydrogen (secondary N) is 1. The number of hydrogen-bond acceptors (Lipinski definition) is 6. The summed E-state index contributed by atoms with van der Waals surface area (Å²) in [5.74, 6) is 0.720. The molecule has 1 aromatic heterocycles. The highest BCUT2D eigenvalue weighted by Crippen LogP contribution is 2.30. The number of unbranched alkanes of at least 4 members (excludes halogenated alkanes) is 2. The number of ether oxygens (including phenoxy) is 1. The first-order valence-corrected chi connectivity index (χ1v) is 12.8. The lowest BCUT2D eigenvalue weighted by Crippen LogP contribution is -2.48. The highest BCUT2D eigenvalue weighted by Gasteiger charge is 2.20. The molecule has 4 rings (SSSR count). The molecule has 176 valence electrons. The topological polar surface area (TPSA) is 57.7 Å². The average molecular weight is 467 g/mol. The van der Waals surface area contributed by atoms with Gasteiger partial charge in [-0.05, 0) is 49.2 Å². The van der Waals surface area contributed by atoms with Gasteiger partial charge in [0.25, 0.3) is 5.91 Å². The molecule has 33 heavy (non-hydrogen) atoms. The molecule has 0 atom stereocenters. The molecule has 2 heterocycles. The SMILES string of the molecule is CCCCCOc1cccc(C(=O)NCCN2CCN(c3nc4ccc(C)cc4s3)CC2)c1. The highest BCUT2D eigenvalue weighted by atomic mass is 32.1. The zero-order chi connectivity index (χ0) is 23.0. The minimum Gasteiger partial charge on any atom is -0.494 e. The van der Waals surface area contributed by atoms with Crippen molar-refractivity contribution in [2.45, 2.75) is 33.1 Å². The summed E-state index contributed by atoms with van der Waals surface area (Å²) < 4.78 is 7.03. The van der Waals surface area contributed by atoms with Gasteiger partial charge in [-0.2, -0.15) is 0 Å². The van der Waals surface area contributed by atoms with Gasteiger partial charge in [0.2, 0.25) is 0 Å². The number of amides is 1. The molecule has 0 saturated carbocycles. The Morgan fingerprint density at radius 3 is 2.79 bits per heavy atom. The lowest BCUT2D eigenvalue weighted by molar-refractivity contribution is 0.0947. The number of hydrogen-bond donors (Lipinski definition) is 1. The third-order valence-corrected chi connectivity index (χ3v) is 7.08. The van der Waals surface area contributed by atoms with Crippen molar-refractivity contribution in [2.75, 3.05) is 50.8 Å². The normalized spacial score (nSPS) is 14.5. The van der Waals surface area contributed by atoms with Crippen LogP contribution in [0.4, 0.5) is 5.13 Å². The molecular weight excluding hydrogens is 432 g/mol. The summed E-state index contributed by atoms with van der Waals surface area (Å²) in [6, 6.07) is 13.9. The number of aromatic nitrogens is 1. The Morgan fingerprint density at radius 1 is 1.12 bits per heavy atom. The Labute approximate surface area is 200 Å². The van der Waals surface area contributed by atoms with Crippen molar-refractivity contribution in [1.29, 1.82) is 0 Å². The fourth-order valence-electron chi connectivity index (χ4n) is 4.02. The van der Waals surface area contributed by atoms with Gasteiger partial charge in [0.15, 0.2) is 5.13 Å². The quantitative estimate of drug-likeness (QED) is 0.438. The molecule has 1 fully saturated rings. The van der Waals surface area contributed by atoms with E-state index >= 15 is 0 Å². The zero-order valence-electron chi connectivity index (χ0n) is 19.7. The zero-order valence-corrected chi connectivity index (χ0v) is 20.5. The molecule has 1 aliphatic rings. The third kappa shape index (κ3) is 6.45. The van der Waals surface area contributed by atoms with Gasteiger partial charge in [-0.1, -0.05) is 43.2 Å². The summed E-state index contributed by atoms with van der Waals surface area (Å²) in [7, 11) is 0. The van der Waals surface area contributed by atoms with Gasteiger partial charge in [-0.3, -0.25) is 9.69 Å². The fraction of sp³-hybridized carbons (Fsp3) is 0.462. The molecule has 1 aliphatic heterocycles. The predicted octanol–water partition coefficient (Wildman–Crippen LogP) is 4.73. The van der Waals surface area contributed by atoms with Crippen molar-refractivity contribution in [3.63, 3.8) is 0 Å². The van der Waals surface area contributed by atoms with Gasteiger partial charge in [0.05, 0.1) is 16.8 Å². The largest absolute Gasteiger partial charge is 0.494 e. The molecule has 6 nitrogen and oxygen atoms in total. The van der Waals surface area contributed by atoms with E-state index in [2.05, 4.69) is 47.2 Å². The second kappa shape index (κ2) is 11.5. The van der Waals surface area contributed by atoms with Gasteiger partial charge < -0.3 is 15.0 Å². The molecule has 0 unspecified atom stereocenters. The van der Waals surface area contributed by atoms with Gasteiger partial charge in [0.1, 0.15) is 5.75 Å². The Kier molecular flexibility index (Phi) is 8.18. The van der Waals surface area contributed by atoms with E-state index in [4.69, 9.17) is 9.72 Å². The number of aryl methyl sites for hydroxylation is 1. The van der Waals surface area contributed by atoms with Crippen LogP contribution in [-0.4, -0.2) is 61.7 Å². The molecule has 0 spiro atoms. The van der Waals surface area contributed by atoms with Crippen molar-refractivity contribution < 1.29 is 9.53 Å². The first-order valence-electron chi connectivity index (χ1n) is 12.0. The Morgan fingerprint density at radius 2 is 1.97 bits per heavy atom. The lowest BCUT2D eigenvalue weighted by Gasteiger charge is -2.34. The second-order valence-corrected chi connectivity index (χ2v) is 9.64. The first-order chi connectivity index (χ1) is 16.1. The Balaban J connectivity index is 1.19. The summed E-state index contributed by atoms with van der Waals surface area (Å²) in [4.78, 5) is 22.2. The van der Waals surface area contributed by atoms with E-state index < -0.39 is 0 Å². The molecule has 0 aliphatic carbocycles. The van der Waals surface area contributed by atoms with Crippen LogP contribution in [0.15, 0.2) is 42.5 Å². The smallest absolute Gasteiger partial charge is 0.251 e. The van der Waals surface area contributed by atoms with Crippen LogP contribution in [0.1, 0.15) is 42.1 Å². The third-order valence-electron chi connectivity index (χ3n) is 6.00. The Bertz CT molecular complexity index is 1060. The van der Waals surface area contributed by atoms with Crippen LogP contribution in [0, 0.1) is 6.92 Å². The summed E-state index contributed by atoms with van der Waals surface area (Å²) >= 11 is 1.78. The van der Waals surface area contributed by atoms with Crippen molar-refractivity contribution >= 4 is 32.6 Å². The van der Waals surface area contributed by atoms with E-state index in [1.165, 1.54) is 16.7 Å².